The van der Waals surface area contributed by atoms with Crippen molar-refractivity contribution < 1.29 is 9.53 Å². The van der Waals surface area contributed by atoms with Crippen molar-refractivity contribution in [3.05, 3.63) is 98.4 Å². The van der Waals surface area contributed by atoms with Crippen LogP contribution in [0.1, 0.15) is 23.6 Å². The van der Waals surface area contributed by atoms with E-state index >= 15 is 0 Å². The van der Waals surface area contributed by atoms with E-state index in [-0.39, 0.29) is 11.4 Å². The van der Waals surface area contributed by atoms with Crippen molar-refractivity contribution in [1.29, 1.82) is 0 Å². The Morgan fingerprint density at radius 1 is 1.03 bits per heavy atom. The van der Waals surface area contributed by atoms with E-state index in [1.165, 1.54) is 17.3 Å². The third-order valence-corrected chi connectivity index (χ3v) is 6.74. The number of hydrogen-bond donors (Lipinski definition) is 2. The Kier molecular flexibility index (Phi) is 7.30. The van der Waals surface area contributed by atoms with Crippen LogP contribution in [0.2, 0.25) is 10.0 Å². The summed E-state index contributed by atoms with van der Waals surface area (Å²) in [7, 11) is 0. The molecule has 1 heterocycles. The first-order chi connectivity index (χ1) is 15.5. The molecule has 1 saturated heterocycles. The lowest BCUT2D eigenvalue weighted by molar-refractivity contribution is -0.116. The second-order valence-corrected chi connectivity index (χ2v) is 9.21. The predicted molar refractivity (Wildman–Crippen MR) is 134 cm³/mol. The van der Waals surface area contributed by atoms with E-state index in [4.69, 9.17) is 27.9 Å². The van der Waals surface area contributed by atoms with Gasteiger partial charge in [-0.2, -0.15) is 0 Å². The quantitative estimate of drug-likeness (QED) is 0.364. The van der Waals surface area contributed by atoms with Gasteiger partial charge in [0.2, 0.25) is 0 Å². The van der Waals surface area contributed by atoms with Gasteiger partial charge in [-0.15, -0.1) is 0 Å². The van der Waals surface area contributed by atoms with Gasteiger partial charge in [0.25, 0.3) is 5.91 Å². The molecule has 3 aromatic rings. The lowest BCUT2D eigenvalue weighted by Crippen LogP contribution is -2.30. The zero-order valence-corrected chi connectivity index (χ0v) is 19.7. The van der Waals surface area contributed by atoms with E-state index in [9.17, 15) is 4.79 Å². The monoisotopic (exact) mass is 484 g/mol. The van der Waals surface area contributed by atoms with Gasteiger partial charge in [0.1, 0.15) is 12.4 Å². The molecule has 3 aromatic carbocycles. The van der Waals surface area contributed by atoms with Gasteiger partial charge in [-0.25, -0.2) is 0 Å². The van der Waals surface area contributed by atoms with Gasteiger partial charge in [-0.05, 0) is 54.0 Å². The molecule has 2 N–H and O–H groups in total. The van der Waals surface area contributed by atoms with Gasteiger partial charge in [-0.1, -0.05) is 78.3 Å². The van der Waals surface area contributed by atoms with Gasteiger partial charge in [0.15, 0.2) is 5.50 Å². The highest BCUT2D eigenvalue weighted by Crippen LogP contribution is 2.32. The Labute approximate surface area is 202 Å². The molecule has 4 rings (SSSR count). The summed E-state index contributed by atoms with van der Waals surface area (Å²) >= 11 is 13.5. The lowest BCUT2D eigenvalue weighted by Gasteiger charge is -2.13. The molecule has 0 saturated carbocycles. The van der Waals surface area contributed by atoms with Crippen molar-refractivity contribution in [2.45, 2.75) is 25.4 Å². The summed E-state index contributed by atoms with van der Waals surface area (Å²) < 4.78 is 6.00. The largest absolute Gasteiger partial charge is 0.488 e. The van der Waals surface area contributed by atoms with Crippen molar-refractivity contribution in [3.8, 4) is 5.75 Å². The maximum absolute atomic E-state index is 12.5. The van der Waals surface area contributed by atoms with Crippen molar-refractivity contribution in [2.75, 3.05) is 5.32 Å². The molecule has 0 aliphatic carbocycles. The number of carbonyl (C=O) groups is 1. The number of aryl methyl sites for hydroxylation is 1. The molecule has 1 atom stereocenters. The fourth-order valence-electron chi connectivity index (χ4n) is 3.22. The average Bonchev–Trinajstić information content (AvgIpc) is 3.14. The van der Waals surface area contributed by atoms with Crippen LogP contribution in [-0.4, -0.2) is 11.4 Å². The Morgan fingerprint density at radius 2 is 1.78 bits per heavy atom. The van der Waals surface area contributed by atoms with E-state index < -0.39 is 0 Å². The van der Waals surface area contributed by atoms with Gasteiger partial charge in [0, 0.05) is 11.3 Å². The fraction of sp³-hybridized carbons (Fsp3) is 0.160. The molecule has 7 heteroatoms. The number of benzene rings is 3. The van der Waals surface area contributed by atoms with Gasteiger partial charge < -0.3 is 15.4 Å². The predicted octanol–water partition coefficient (Wildman–Crippen LogP) is 6.73. The Hall–Kier alpha value is -2.60. The highest BCUT2D eigenvalue weighted by atomic mass is 35.5. The molecule has 0 radical (unpaired) electrons. The minimum Gasteiger partial charge on any atom is -0.488 e. The van der Waals surface area contributed by atoms with E-state index in [0.717, 1.165) is 23.2 Å². The zero-order valence-electron chi connectivity index (χ0n) is 17.4. The van der Waals surface area contributed by atoms with Gasteiger partial charge in [0.05, 0.1) is 15.0 Å². The number of para-hydroxylation sites is 1. The summed E-state index contributed by atoms with van der Waals surface area (Å²) in [5.74, 6) is 0.572. The Bertz CT molecular complexity index is 1150. The topological polar surface area (TPSA) is 50.4 Å². The number of thioether (sulfide) groups is 1. The molecule has 1 aliphatic heterocycles. The molecule has 1 fully saturated rings. The second-order valence-electron chi connectivity index (χ2n) is 7.25. The van der Waals surface area contributed by atoms with E-state index in [2.05, 4.69) is 29.7 Å². The van der Waals surface area contributed by atoms with Crippen LogP contribution >= 0.6 is 35.0 Å². The van der Waals surface area contributed by atoms with Crippen LogP contribution in [0, 0.1) is 0 Å². The van der Waals surface area contributed by atoms with Crippen LogP contribution in [0.4, 0.5) is 5.69 Å². The third kappa shape index (κ3) is 5.60. The summed E-state index contributed by atoms with van der Waals surface area (Å²) in [5, 5.41) is 7.31. The maximum Gasteiger partial charge on any atom is 0.260 e. The first-order valence-corrected chi connectivity index (χ1v) is 11.9. The molecule has 0 aromatic heterocycles. The van der Waals surface area contributed by atoms with Crippen LogP contribution in [-0.2, 0) is 17.8 Å². The number of anilines is 1. The summed E-state index contributed by atoms with van der Waals surface area (Å²) in [6, 6.07) is 21.3. The summed E-state index contributed by atoms with van der Waals surface area (Å²) in [4.78, 5) is 13.2. The second kappa shape index (κ2) is 10.3. The summed E-state index contributed by atoms with van der Waals surface area (Å²) in [6.07, 6.45) is 2.85. The zero-order chi connectivity index (χ0) is 22.5. The highest BCUT2D eigenvalue weighted by Gasteiger charge is 2.27. The third-order valence-electron chi connectivity index (χ3n) is 4.97. The average molecular weight is 485 g/mol. The van der Waals surface area contributed by atoms with Crippen LogP contribution in [0.25, 0.3) is 6.08 Å². The number of amides is 1. The number of halogens is 2. The summed E-state index contributed by atoms with van der Waals surface area (Å²) in [5.41, 5.74) is 3.75. The SMILES string of the molecule is CCc1ccc(N[C@H]2NC(=O)/C(=C/c3ccccc3OCc3ccc(Cl)c(Cl)c3)S2)cc1. The minimum absolute atomic E-state index is 0.114. The smallest absolute Gasteiger partial charge is 0.260 e. The number of carbonyl (C=O) groups excluding carboxylic acids is 1. The van der Waals surface area contributed by atoms with Crippen molar-refractivity contribution in [3.63, 3.8) is 0 Å². The number of nitrogens with one attached hydrogen (secondary N) is 2. The standard InChI is InChI=1S/C25H22Cl2N2O2S/c1-2-16-7-10-19(11-8-16)28-25-29-24(30)23(32-25)14-18-5-3-4-6-22(18)31-15-17-9-12-20(26)21(27)13-17/h3-14,25,28H,2,15H2,1H3,(H,29,30)/b23-14-/t25-/m0/s1. The minimum atomic E-state index is -0.231. The van der Waals surface area contributed by atoms with E-state index in [1.54, 1.807) is 12.1 Å². The normalized spacial score (nSPS) is 16.8. The number of ether oxygens (including phenoxy) is 1. The van der Waals surface area contributed by atoms with Crippen molar-refractivity contribution >= 4 is 52.6 Å². The molecule has 1 amide bonds. The molecule has 0 bridgehead atoms. The first kappa shape index (κ1) is 22.6. The Balaban J connectivity index is 1.44. The molecule has 1 aliphatic rings. The first-order valence-electron chi connectivity index (χ1n) is 10.2. The van der Waals surface area contributed by atoms with Crippen molar-refractivity contribution in [1.82, 2.24) is 5.32 Å². The number of hydrogen-bond acceptors (Lipinski definition) is 4. The van der Waals surface area contributed by atoms with Gasteiger partial charge in [-0.3, -0.25) is 4.79 Å². The maximum atomic E-state index is 12.5. The molecule has 164 valence electrons. The van der Waals surface area contributed by atoms with Crippen LogP contribution in [0.5, 0.6) is 5.75 Å². The molecule has 0 spiro atoms. The van der Waals surface area contributed by atoms with E-state index in [1.807, 2.05) is 48.5 Å². The highest BCUT2D eigenvalue weighted by molar-refractivity contribution is 8.05. The van der Waals surface area contributed by atoms with Crippen LogP contribution in [0.3, 0.4) is 0 Å². The van der Waals surface area contributed by atoms with Gasteiger partial charge >= 0.3 is 0 Å². The molecule has 4 nitrogen and oxygen atoms in total. The summed E-state index contributed by atoms with van der Waals surface area (Å²) in [6.45, 7) is 2.47. The van der Waals surface area contributed by atoms with Crippen LogP contribution < -0.4 is 15.4 Å². The fourth-order valence-corrected chi connectivity index (χ4v) is 4.51. The molecular weight excluding hydrogens is 463 g/mol. The molecule has 0 unspecified atom stereocenters. The lowest BCUT2D eigenvalue weighted by atomic mass is 10.1. The van der Waals surface area contributed by atoms with Crippen molar-refractivity contribution in [2.24, 2.45) is 0 Å². The van der Waals surface area contributed by atoms with E-state index in [0.29, 0.717) is 27.3 Å². The molecule has 32 heavy (non-hydrogen) atoms. The Morgan fingerprint density at radius 3 is 2.53 bits per heavy atom. The molecular formula is C25H22Cl2N2O2S. The van der Waals surface area contributed by atoms with Crippen LogP contribution in [0.15, 0.2) is 71.6 Å². The number of rotatable bonds is 7.